The number of aliphatic hydroxyl groups excluding tert-OH is 1. The maximum atomic E-state index is 11.9. The number of nitrogens with zero attached hydrogens (tertiary/aromatic N) is 2. The fourth-order valence-electron chi connectivity index (χ4n) is 1.48. The Morgan fingerprint density at radius 2 is 2.00 bits per heavy atom. The third-order valence-electron chi connectivity index (χ3n) is 2.37. The minimum Gasteiger partial charge on any atom is -0.391 e. The van der Waals surface area contributed by atoms with Crippen LogP contribution >= 0.6 is 0 Å². The predicted molar refractivity (Wildman–Crippen MR) is 63.3 cm³/mol. The monoisotopic (exact) mass is 224 g/mol. The van der Waals surface area contributed by atoms with Gasteiger partial charge in [-0.25, -0.2) is 4.68 Å². The zero-order chi connectivity index (χ0) is 12.3. The lowest BCUT2D eigenvalue weighted by molar-refractivity contribution is 0.277. The van der Waals surface area contributed by atoms with Crippen molar-refractivity contribution in [2.75, 3.05) is 0 Å². The van der Waals surface area contributed by atoms with Crippen LogP contribution in [0.25, 0.3) is 0 Å². The third kappa shape index (κ3) is 2.92. The van der Waals surface area contributed by atoms with Gasteiger partial charge >= 0.3 is 0 Å². The van der Waals surface area contributed by atoms with Gasteiger partial charge in [0.15, 0.2) is 0 Å². The summed E-state index contributed by atoms with van der Waals surface area (Å²) in [6.45, 7) is 8.48. The van der Waals surface area contributed by atoms with Crippen molar-refractivity contribution < 1.29 is 5.11 Å². The van der Waals surface area contributed by atoms with Gasteiger partial charge in [0.2, 0.25) is 0 Å². The largest absolute Gasteiger partial charge is 0.391 e. The van der Waals surface area contributed by atoms with E-state index in [2.05, 4.69) is 5.10 Å². The van der Waals surface area contributed by atoms with Crippen LogP contribution in [-0.2, 0) is 13.2 Å². The highest BCUT2D eigenvalue weighted by Gasteiger charge is 2.10. The van der Waals surface area contributed by atoms with Gasteiger partial charge in [-0.2, -0.15) is 5.10 Å². The van der Waals surface area contributed by atoms with Gasteiger partial charge in [0.05, 0.1) is 12.3 Å². The molecule has 0 atom stereocenters. The van der Waals surface area contributed by atoms with E-state index in [1.54, 1.807) is 6.07 Å². The van der Waals surface area contributed by atoms with Gasteiger partial charge in [-0.1, -0.05) is 27.7 Å². The summed E-state index contributed by atoms with van der Waals surface area (Å²) in [6, 6.07) is 1.70. The molecule has 1 aromatic rings. The highest BCUT2D eigenvalue weighted by molar-refractivity contribution is 5.15. The van der Waals surface area contributed by atoms with Crippen molar-refractivity contribution in [3.63, 3.8) is 0 Å². The molecule has 4 heteroatoms. The maximum absolute atomic E-state index is 11.9. The zero-order valence-corrected chi connectivity index (χ0v) is 10.4. The molecular formula is C12H20N2O2. The topological polar surface area (TPSA) is 55.1 Å². The van der Waals surface area contributed by atoms with Crippen LogP contribution in [0, 0.1) is 5.92 Å². The van der Waals surface area contributed by atoms with Crippen molar-refractivity contribution in [2.45, 2.75) is 46.8 Å². The average molecular weight is 224 g/mol. The molecule has 0 bridgehead atoms. The molecule has 0 fully saturated rings. The van der Waals surface area contributed by atoms with Crippen LogP contribution in [0.4, 0.5) is 0 Å². The first kappa shape index (κ1) is 12.9. The molecule has 0 spiro atoms. The van der Waals surface area contributed by atoms with E-state index in [0.29, 0.717) is 18.0 Å². The lowest BCUT2D eigenvalue weighted by Crippen LogP contribution is -2.29. The van der Waals surface area contributed by atoms with Crippen LogP contribution in [0.1, 0.15) is 44.9 Å². The van der Waals surface area contributed by atoms with Gasteiger partial charge in [-0.05, 0) is 17.9 Å². The second kappa shape index (κ2) is 5.25. The molecule has 16 heavy (non-hydrogen) atoms. The highest BCUT2D eigenvalue weighted by atomic mass is 16.3. The number of aliphatic hydroxyl groups is 1. The van der Waals surface area contributed by atoms with Gasteiger partial charge in [-0.15, -0.1) is 0 Å². The van der Waals surface area contributed by atoms with E-state index in [9.17, 15) is 4.79 Å². The molecule has 0 aliphatic rings. The Morgan fingerprint density at radius 1 is 1.38 bits per heavy atom. The Balaban J connectivity index is 3.24. The third-order valence-corrected chi connectivity index (χ3v) is 2.37. The van der Waals surface area contributed by atoms with E-state index in [-0.39, 0.29) is 18.1 Å². The molecule has 1 rings (SSSR count). The van der Waals surface area contributed by atoms with Gasteiger partial charge in [0.25, 0.3) is 5.56 Å². The molecule has 0 amide bonds. The van der Waals surface area contributed by atoms with E-state index in [1.807, 2.05) is 27.7 Å². The Morgan fingerprint density at radius 3 is 2.44 bits per heavy atom. The summed E-state index contributed by atoms with van der Waals surface area (Å²) < 4.78 is 1.46. The van der Waals surface area contributed by atoms with Crippen LogP contribution in [-0.4, -0.2) is 14.9 Å². The van der Waals surface area contributed by atoms with Crippen molar-refractivity contribution in [3.8, 4) is 0 Å². The summed E-state index contributed by atoms with van der Waals surface area (Å²) in [5.41, 5.74) is 1.10. The summed E-state index contributed by atoms with van der Waals surface area (Å²) in [4.78, 5) is 11.9. The molecule has 0 aliphatic carbocycles. The minimum absolute atomic E-state index is 0.180. The van der Waals surface area contributed by atoms with E-state index < -0.39 is 0 Å². The maximum Gasteiger partial charge on any atom is 0.272 e. The summed E-state index contributed by atoms with van der Waals surface area (Å²) in [5, 5.41) is 13.5. The standard InChI is InChI=1S/C12H20N2O2/c1-8(2)6-14-12(16)10(7-15)5-11(13-14)9(3)4/h5,8-9,15H,6-7H2,1-4H3. The first-order valence-electron chi connectivity index (χ1n) is 5.67. The molecule has 1 aromatic heterocycles. The molecule has 4 nitrogen and oxygen atoms in total. The quantitative estimate of drug-likeness (QED) is 0.843. The fourth-order valence-corrected chi connectivity index (χ4v) is 1.48. The van der Waals surface area contributed by atoms with Crippen LogP contribution in [0.3, 0.4) is 0 Å². The number of rotatable bonds is 4. The van der Waals surface area contributed by atoms with E-state index in [0.717, 1.165) is 5.69 Å². The summed E-state index contributed by atoms with van der Waals surface area (Å²) in [6.07, 6.45) is 0. The molecular weight excluding hydrogens is 204 g/mol. The normalized spacial score (nSPS) is 11.4. The van der Waals surface area contributed by atoms with Gasteiger partial charge < -0.3 is 5.11 Å². The van der Waals surface area contributed by atoms with Crippen molar-refractivity contribution in [2.24, 2.45) is 5.92 Å². The van der Waals surface area contributed by atoms with E-state index >= 15 is 0 Å². The minimum atomic E-state index is -0.223. The number of hydrogen-bond acceptors (Lipinski definition) is 3. The van der Waals surface area contributed by atoms with Gasteiger partial charge in [0.1, 0.15) is 0 Å². The van der Waals surface area contributed by atoms with Crippen molar-refractivity contribution in [1.29, 1.82) is 0 Å². The fraction of sp³-hybridized carbons (Fsp3) is 0.667. The lowest BCUT2D eigenvalue weighted by Gasteiger charge is -2.13. The summed E-state index contributed by atoms with van der Waals surface area (Å²) >= 11 is 0. The average Bonchev–Trinajstić information content (AvgIpc) is 2.20. The van der Waals surface area contributed by atoms with Crippen LogP contribution in [0.15, 0.2) is 10.9 Å². The Kier molecular flexibility index (Phi) is 4.24. The second-order valence-corrected chi connectivity index (χ2v) is 4.79. The molecule has 1 N–H and O–H groups in total. The molecule has 0 saturated heterocycles. The molecule has 0 aromatic carbocycles. The molecule has 0 unspecified atom stereocenters. The van der Waals surface area contributed by atoms with Crippen LogP contribution < -0.4 is 5.56 Å². The van der Waals surface area contributed by atoms with Crippen LogP contribution in [0.5, 0.6) is 0 Å². The zero-order valence-electron chi connectivity index (χ0n) is 10.4. The number of hydrogen-bond donors (Lipinski definition) is 1. The lowest BCUT2D eigenvalue weighted by atomic mass is 10.1. The molecule has 1 heterocycles. The van der Waals surface area contributed by atoms with Crippen molar-refractivity contribution in [3.05, 3.63) is 27.7 Å². The smallest absolute Gasteiger partial charge is 0.272 e. The second-order valence-electron chi connectivity index (χ2n) is 4.79. The Bertz CT molecular complexity index is 408. The van der Waals surface area contributed by atoms with Gasteiger partial charge in [0, 0.05) is 12.1 Å². The van der Waals surface area contributed by atoms with Gasteiger partial charge in [-0.3, -0.25) is 4.79 Å². The van der Waals surface area contributed by atoms with Crippen molar-refractivity contribution >= 4 is 0 Å². The van der Waals surface area contributed by atoms with E-state index in [1.165, 1.54) is 4.68 Å². The van der Waals surface area contributed by atoms with Crippen molar-refractivity contribution in [1.82, 2.24) is 9.78 Å². The van der Waals surface area contributed by atoms with E-state index in [4.69, 9.17) is 5.11 Å². The van der Waals surface area contributed by atoms with Crippen LogP contribution in [0.2, 0.25) is 0 Å². The SMILES string of the molecule is CC(C)Cn1nc(C(C)C)cc(CO)c1=O. The number of aromatic nitrogens is 2. The molecule has 0 aliphatic heterocycles. The highest BCUT2D eigenvalue weighted by Crippen LogP contribution is 2.11. The predicted octanol–water partition coefficient (Wildman–Crippen LogP) is 1.51. The summed E-state index contributed by atoms with van der Waals surface area (Å²) in [5.74, 6) is 0.614. The molecule has 0 radical (unpaired) electrons. The molecule has 90 valence electrons. The first-order valence-corrected chi connectivity index (χ1v) is 5.67. The first-order chi connectivity index (χ1) is 7.45. The Hall–Kier alpha value is -1.16. The Labute approximate surface area is 95.9 Å². The summed E-state index contributed by atoms with van der Waals surface area (Å²) in [7, 11) is 0. The molecule has 0 saturated carbocycles.